The van der Waals surface area contributed by atoms with Gasteiger partial charge in [-0.1, -0.05) is 11.6 Å². The third kappa shape index (κ3) is 3.28. The first kappa shape index (κ1) is 15.5. The molecule has 0 saturated carbocycles. The molecular weight excluding hydrogens is 324 g/mol. The lowest BCUT2D eigenvalue weighted by atomic mass is 9.96. The first-order valence-corrected chi connectivity index (χ1v) is 8.65. The SMILES string of the molecule is O=C1N[C@H]2CC[C@@H]1CN(Cc1cnc(-c3ccc(Cl)cc3)nc1)C2. The molecule has 1 aromatic heterocycles. The second-order valence-corrected chi connectivity index (χ2v) is 7.03. The lowest BCUT2D eigenvalue weighted by Crippen LogP contribution is -2.43. The molecule has 0 aliphatic carbocycles. The maximum Gasteiger partial charge on any atom is 0.224 e. The minimum Gasteiger partial charge on any atom is -0.352 e. The van der Waals surface area contributed by atoms with Crippen LogP contribution in [0, 0.1) is 5.92 Å². The van der Waals surface area contributed by atoms with Crippen molar-refractivity contribution in [2.45, 2.75) is 25.4 Å². The minimum atomic E-state index is 0.123. The fourth-order valence-electron chi connectivity index (χ4n) is 3.51. The molecule has 3 fully saturated rings. The molecule has 2 atom stereocenters. The normalized spacial score (nSPS) is 23.8. The van der Waals surface area contributed by atoms with E-state index in [0.717, 1.165) is 43.6 Å². The molecule has 3 aliphatic heterocycles. The Hall–Kier alpha value is -1.98. The molecule has 1 N–H and O–H groups in total. The highest BCUT2D eigenvalue weighted by atomic mass is 35.5. The Bertz CT molecular complexity index is 732. The summed E-state index contributed by atoms with van der Waals surface area (Å²) in [6.45, 7) is 2.51. The summed E-state index contributed by atoms with van der Waals surface area (Å²) >= 11 is 5.91. The van der Waals surface area contributed by atoms with Crippen LogP contribution >= 0.6 is 11.6 Å². The largest absolute Gasteiger partial charge is 0.352 e. The van der Waals surface area contributed by atoms with Crippen molar-refractivity contribution in [3.8, 4) is 11.4 Å². The van der Waals surface area contributed by atoms with E-state index in [1.807, 2.05) is 36.7 Å². The number of piperidine rings is 1. The lowest BCUT2D eigenvalue weighted by Gasteiger charge is -2.23. The van der Waals surface area contributed by atoms with Gasteiger partial charge in [0.05, 0.1) is 5.92 Å². The fraction of sp³-hybridized carbons (Fsp3) is 0.389. The fourth-order valence-corrected chi connectivity index (χ4v) is 3.63. The molecule has 0 spiro atoms. The maximum absolute atomic E-state index is 11.9. The summed E-state index contributed by atoms with van der Waals surface area (Å²) in [7, 11) is 0. The van der Waals surface area contributed by atoms with Gasteiger partial charge in [-0.25, -0.2) is 9.97 Å². The van der Waals surface area contributed by atoms with Gasteiger partial charge in [-0.2, -0.15) is 0 Å². The molecule has 3 aliphatic rings. The predicted molar refractivity (Wildman–Crippen MR) is 92.4 cm³/mol. The van der Waals surface area contributed by atoms with Gasteiger partial charge in [0.2, 0.25) is 5.91 Å². The van der Waals surface area contributed by atoms with Crippen LogP contribution < -0.4 is 5.32 Å². The average Bonchev–Trinajstić information content (AvgIpc) is 2.86. The monoisotopic (exact) mass is 342 g/mol. The van der Waals surface area contributed by atoms with E-state index in [4.69, 9.17) is 11.6 Å². The summed E-state index contributed by atoms with van der Waals surface area (Å²) < 4.78 is 0. The Labute approximate surface area is 146 Å². The Morgan fingerprint density at radius 2 is 1.88 bits per heavy atom. The van der Waals surface area contributed by atoms with Gasteiger partial charge < -0.3 is 5.32 Å². The summed E-state index contributed by atoms with van der Waals surface area (Å²) in [5, 5.41) is 3.81. The maximum atomic E-state index is 11.9. The van der Waals surface area contributed by atoms with E-state index in [9.17, 15) is 4.79 Å². The summed E-state index contributed by atoms with van der Waals surface area (Å²) in [4.78, 5) is 23.2. The number of hydrogen-bond acceptors (Lipinski definition) is 4. The topological polar surface area (TPSA) is 58.1 Å². The van der Waals surface area contributed by atoms with Crippen molar-refractivity contribution in [2.24, 2.45) is 5.92 Å². The zero-order valence-electron chi connectivity index (χ0n) is 13.3. The molecule has 2 bridgehead atoms. The van der Waals surface area contributed by atoms with Gasteiger partial charge in [0, 0.05) is 54.2 Å². The molecule has 4 heterocycles. The highest BCUT2D eigenvalue weighted by Crippen LogP contribution is 2.24. The zero-order chi connectivity index (χ0) is 16.5. The van der Waals surface area contributed by atoms with Crippen LogP contribution in [0.5, 0.6) is 0 Å². The summed E-state index contributed by atoms with van der Waals surface area (Å²) in [6.07, 6.45) is 5.83. The highest BCUT2D eigenvalue weighted by molar-refractivity contribution is 6.30. The molecule has 0 unspecified atom stereocenters. The number of fused-ring (bicyclic) bond motifs is 4. The van der Waals surface area contributed by atoms with Crippen LogP contribution in [-0.4, -0.2) is 39.9 Å². The molecule has 124 valence electrons. The molecule has 1 aromatic carbocycles. The van der Waals surface area contributed by atoms with Gasteiger partial charge in [0.25, 0.3) is 0 Å². The number of benzene rings is 1. The number of carbonyl (C=O) groups excluding carboxylic acids is 1. The molecule has 24 heavy (non-hydrogen) atoms. The second kappa shape index (κ2) is 6.49. The van der Waals surface area contributed by atoms with Crippen molar-refractivity contribution in [3.63, 3.8) is 0 Å². The number of halogens is 1. The molecule has 6 heteroatoms. The highest BCUT2D eigenvalue weighted by Gasteiger charge is 2.34. The van der Waals surface area contributed by atoms with E-state index in [1.54, 1.807) is 0 Å². The number of aromatic nitrogens is 2. The van der Waals surface area contributed by atoms with Crippen LogP contribution in [0.15, 0.2) is 36.7 Å². The summed E-state index contributed by atoms with van der Waals surface area (Å²) in [5.74, 6) is 1.03. The molecule has 3 saturated heterocycles. The van der Waals surface area contributed by atoms with E-state index in [1.165, 1.54) is 0 Å². The quantitative estimate of drug-likeness (QED) is 0.931. The van der Waals surface area contributed by atoms with Gasteiger partial charge >= 0.3 is 0 Å². The molecular formula is C18H19ClN4O. The number of rotatable bonds is 3. The lowest BCUT2D eigenvalue weighted by molar-refractivity contribution is -0.126. The molecule has 1 amide bonds. The van der Waals surface area contributed by atoms with Gasteiger partial charge in [-0.3, -0.25) is 9.69 Å². The van der Waals surface area contributed by atoms with Crippen LogP contribution in [0.3, 0.4) is 0 Å². The van der Waals surface area contributed by atoms with Crippen LogP contribution in [0.1, 0.15) is 18.4 Å². The third-order valence-corrected chi connectivity index (χ3v) is 5.00. The van der Waals surface area contributed by atoms with Crippen LogP contribution in [-0.2, 0) is 11.3 Å². The van der Waals surface area contributed by atoms with E-state index < -0.39 is 0 Å². The molecule has 2 aromatic rings. The molecule has 0 radical (unpaired) electrons. The van der Waals surface area contributed by atoms with Gasteiger partial charge in [0.1, 0.15) is 0 Å². The average molecular weight is 343 g/mol. The van der Waals surface area contributed by atoms with Gasteiger partial charge in [-0.15, -0.1) is 0 Å². The van der Waals surface area contributed by atoms with Crippen LogP contribution in [0.2, 0.25) is 5.02 Å². The first-order chi connectivity index (χ1) is 11.7. The number of amides is 1. The van der Waals surface area contributed by atoms with E-state index in [2.05, 4.69) is 20.2 Å². The smallest absolute Gasteiger partial charge is 0.224 e. The van der Waals surface area contributed by atoms with Crippen molar-refractivity contribution in [1.82, 2.24) is 20.2 Å². The predicted octanol–water partition coefficient (Wildman–Crippen LogP) is 2.51. The minimum absolute atomic E-state index is 0.123. The Morgan fingerprint density at radius 1 is 1.12 bits per heavy atom. The first-order valence-electron chi connectivity index (χ1n) is 8.27. The molecule has 5 nitrogen and oxygen atoms in total. The number of carbonyl (C=O) groups is 1. The van der Waals surface area contributed by atoms with Crippen molar-refractivity contribution < 1.29 is 4.79 Å². The summed E-state index contributed by atoms with van der Waals surface area (Å²) in [6, 6.07) is 7.80. The van der Waals surface area contributed by atoms with Crippen LogP contribution in [0.4, 0.5) is 0 Å². The van der Waals surface area contributed by atoms with Gasteiger partial charge in [0.15, 0.2) is 5.82 Å². The molecule has 5 rings (SSSR count). The van der Waals surface area contributed by atoms with Crippen LogP contribution in [0.25, 0.3) is 11.4 Å². The van der Waals surface area contributed by atoms with E-state index >= 15 is 0 Å². The number of nitrogens with one attached hydrogen (secondary N) is 1. The van der Waals surface area contributed by atoms with Crippen molar-refractivity contribution in [1.29, 1.82) is 0 Å². The van der Waals surface area contributed by atoms with E-state index in [-0.39, 0.29) is 17.9 Å². The van der Waals surface area contributed by atoms with E-state index in [0.29, 0.717) is 10.8 Å². The van der Waals surface area contributed by atoms with Crippen molar-refractivity contribution in [3.05, 3.63) is 47.2 Å². The Balaban J connectivity index is 1.46. The Morgan fingerprint density at radius 3 is 2.58 bits per heavy atom. The van der Waals surface area contributed by atoms with Gasteiger partial charge in [-0.05, 0) is 37.1 Å². The van der Waals surface area contributed by atoms with Crippen molar-refractivity contribution >= 4 is 17.5 Å². The number of hydrogen-bond donors (Lipinski definition) is 1. The zero-order valence-corrected chi connectivity index (χ0v) is 14.0. The second-order valence-electron chi connectivity index (χ2n) is 6.60. The standard InChI is InChI=1S/C18H19ClN4O/c19-15-4-1-13(2-5-15)17-20-7-12(8-21-17)9-23-10-14-3-6-16(11-23)22-18(14)24/h1-2,4-5,7-8,14,16H,3,6,9-11H2,(H,22,24)/t14-,16+/m1/s1. The van der Waals surface area contributed by atoms with Crippen molar-refractivity contribution in [2.75, 3.05) is 13.1 Å². The number of nitrogens with zero attached hydrogens (tertiary/aromatic N) is 3. The third-order valence-electron chi connectivity index (χ3n) is 4.75. The summed E-state index contributed by atoms with van der Waals surface area (Å²) in [5.41, 5.74) is 2.02. The Kier molecular flexibility index (Phi) is 4.21.